The molecule has 0 radical (unpaired) electrons. The van der Waals surface area contributed by atoms with Gasteiger partial charge in [0.25, 0.3) is 0 Å². The van der Waals surface area contributed by atoms with Crippen molar-refractivity contribution in [3.8, 4) is 0 Å². The van der Waals surface area contributed by atoms with E-state index in [4.69, 9.17) is 22.5 Å². The number of benzene rings is 1. The Balaban J connectivity index is 1.94. The molecule has 1 saturated carbocycles. The summed E-state index contributed by atoms with van der Waals surface area (Å²) in [5.41, 5.74) is 6.40. The minimum Gasteiger partial charge on any atom is -0.409 e. The van der Waals surface area contributed by atoms with Crippen molar-refractivity contribution >= 4 is 23.3 Å². The molecule has 0 aliphatic heterocycles. The van der Waals surface area contributed by atoms with Gasteiger partial charge in [-0.05, 0) is 30.5 Å². The number of rotatable bonds is 6. The maximum atomic E-state index is 12.3. The Kier molecular flexibility index (Phi) is 4.84. The zero-order valence-corrected chi connectivity index (χ0v) is 11.9. The first-order valence-electron chi connectivity index (χ1n) is 6.60. The van der Waals surface area contributed by atoms with Crippen LogP contribution in [0.2, 0.25) is 5.02 Å². The van der Waals surface area contributed by atoms with Gasteiger partial charge < -0.3 is 15.8 Å². The molecule has 1 aliphatic carbocycles. The molecule has 1 aliphatic rings. The average Bonchev–Trinajstić information content (AvgIpc) is 3.26. The molecule has 1 aromatic carbocycles. The van der Waals surface area contributed by atoms with E-state index in [9.17, 15) is 4.79 Å². The fourth-order valence-corrected chi connectivity index (χ4v) is 2.19. The molecule has 0 unspecified atom stereocenters. The van der Waals surface area contributed by atoms with Gasteiger partial charge in [0, 0.05) is 24.0 Å². The molecule has 2 rings (SSSR count). The molecule has 0 atom stereocenters. The van der Waals surface area contributed by atoms with E-state index in [0.717, 1.165) is 18.4 Å². The molecule has 1 aromatic rings. The molecule has 0 spiro atoms. The molecule has 5 nitrogen and oxygen atoms in total. The second-order valence-electron chi connectivity index (χ2n) is 4.96. The Bertz CT molecular complexity index is 498. The van der Waals surface area contributed by atoms with Crippen molar-refractivity contribution < 1.29 is 10.0 Å². The second kappa shape index (κ2) is 6.61. The molecule has 0 aromatic heterocycles. The highest BCUT2D eigenvalue weighted by molar-refractivity contribution is 6.30. The number of hydrogen-bond donors (Lipinski definition) is 2. The molecule has 108 valence electrons. The first kappa shape index (κ1) is 14.7. The lowest BCUT2D eigenvalue weighted by molar-refractivity contribution is -0.130. The summed E-state index contributed by atoms with van der Waals surface area (Å²) >= 11 is 5.83. The van der Waals surface area contributed by atoms with E-state index >= 15 is 0 Å². The Hall–Kier alpha value is -1.75. The summed E-state index contributed by atoms with van der Waals surface area (Å²) in [6.45, 7) is 0.493. The van der Waals surface area contributed by atoms with Gasteiger partial charge in [0.15, 0.2) is 0 Å². The number of oxime groups is 1. The van der Waals surface area contributed by atoms with E-state index in [0.29, 0.717) is 30.5 Å². The minimum atomic E-state index is 0.0700. The number of nitrogens with two attached hydrogens (primary N) is 1. The largest absolute Gasteiger partial charge is 0.409 e. The van der Waals surface area contributed by atoms with Crippen molar-refractivity contribution in [2.24, 2.45) is 10.9 Å². The van der Waals surface area contributed by atoms with E-state index in [1.165, 1.54) is 0 Å². The monoisotopic (exact) mass is 295 g/mol. The molecule has 3 N–H and O–H groups in total. The van der Waals surface area contributed by atoms with Crippen molar-refractivity contribution in [2.75, 3.05) is 6.54 Å². The molecule has 6 heteroatoms. The van der Waals surface area contributed by atoms with Crippen molar-refractivity contribution in [2.45, 2.75) is 31.7 Å². The average molecular weight is 296 g/mol. The van der Waals surface area contributed by atoms with Crippen molar-refractivity contribution in [3.63, 3.8) is 0 Å². The van der Waals surface area contributed by atoms with Gasteiger partial charge in [-0.3, -0.25) is 4.79 Å². The van der Waals surface area contributed by atoms with Crippen LogP contribution in [0.15, 0.2) is 29.4 Å². The third-order valence-electron chi connectivity index (χ3n) is 3.31. The Labute approximate surface area is 123 Å². The lowest BCUT2D eigenvalue weighted by Crippen LogP contribution is -2.36. The number of carbonyl (C=O) groups excluding carboxylic acids is 1. The van der Waals surface area contributed by atoms with Crippen LogP contribution >= 0.6 is 11.6 Å². The van der Waals surface area contributed by atoms with Crippen LogP contribution in [0.3, 0.4) is 0 Å². The molecular formula is C14H18ClN3O2. The molecular weight excluding hydrogens is 278 g/mol. The van der Waals surface area contributed by atoms with Crippen LogP contribution in [-0.2, 0) is 11.2 Å². The van der Waals surface area contributed by atoms with Gasteiger partial charge in [0.1, 0.15) is 5.84 Å². The summed E-state index contributed by atoms with van der Waals surface area (Å²) in [4.78, 5) is 14.2. The third kappa shape index (κ3) is 4.13. The van der Waals surface area contributed by atoms with Crippen molar-refractivity contribution in [1.82, 2.24) is 4.90 Å². The molecule has 1 amide bonds. The fraction of sp³-hybridized carbons (Fsp3) is 0.429. The van der Waals surface area contributed by atoms with Crippen LogP contribution in [0, 0.1) is 0 Å². The highest BCUT2D eigenvalue weighted by Crippen LogP contribution is 2.27. The zero-order chi connectivity index (χ0) is 14.5. The zero-order valence-electron chi connectivity index (χ0n) is 11.1. The SMILES string of the molecule is NC(CCN(C(=O)Cc1ccc(Cl)cc1)C1CC1)=NO. The van der Waals surface area contributed by atoms with Gasteiger partial charge >= 0.3 is 0 Å². The summed E-state index contributed by atoms with van der Waals surface area (Å²) in [6, 6.07) is 7.58. The Morgan fingerprint density at radius 3 is 2.60 bits per heavy atom. The fourth-order valence-electron chi connectivity index (χ4n) is 2.06. The van der Waals surface area contributed by atoms with Gasteiger partial charge in [-0.25, -0.2) is 0 Å². The molecule has 0 saturated heterocycles. The molecule has 20 heavy (non-hydrogen) atoms. The topological polar surface area (TPSA) is 78.9 Å². The lowest BCUT2D eigenvalue weighted by Gasteiger charge is -2.22. The molecule has 1 fully saturated rings. The number of amidine groups is 1. The van der Waals surface area contributed by atoms with E-state index < -0.39 is 0 Å². The first-order valence-corrected chi connectivity index (χ1v) is 6.98. The van der Waals surface area contributed by atoms with Crippen LogP contribution in [0.4, 0.5) is 0 Å². The first-order chi connectivity index (χ1) is 9.60. The summed E-state index contributed by atoms with van der Waals surface area (Å²) < 4.78 is 0. The summed E-state index contributed by atoms with van der Waals surface area (Å²) in [7, 11) is 0. The van der Waals surface area contributed by atoms with Gasteiger partial charge in [-0.2, -0.15) is 0 Å². The second-order valence-corrected chi connectivity index (χ2v) is 5.40. The number of carbonyl (C=O) groups is 1. The quantitative estimate of drug-likeness (QED) is 0.365. The van der Waals surface area contributed by atoms with Crippen LogP contribution in [-0.4, -0.2) is 34.4 Å². The van der Waals surface area contributed by atoms with E-state index in [1.807, 2.05) is 17.0 Å². The van der Waals surface area contributed by atoms with Crippen molar-refractivity contribution in [1.29, 1.82) is 0 Å². The maximum absolute atomic E-state index is 12.3. The summed E-state index contributed by atoms with van der Waals surface area (Å²) in [5.74, 6) is 0.218. The predicted molar refractivity (Wildman–Crippen MR) is 77.9 cm³/mol. The number of hydrogen-bond acceptors (Lipinski definition) is 3. The summed E-state index contributed by atoms with van der Waals surface area (Å²) in [5, 5.41) is 12.1. The number of halogens is 1. The van der Waals surface area contributed by atoms with Crippen LogP contribution in [0.1, 0.15) is 24.8 Å². The van der Waals surface area contributed by atoms with E-state index in [-0.39, 0.29) is 11.7 Å². The van der Waals surface area contributed by atoms with Gasteiger partial charge in [0.2, 0.25) is 5.91 Å². The van der Waals surface area contributed by atoms with E-state index in [2.05, 4.69) is 5.16 Å². The highest BCUT2D eigenvalue weighted by atomic mass is 35.5. The Morgan fingerprint density at radius 2 is 2.05 bits per heavy atom. The van der Waals surface area contributed by atoms with Gasteiger partial charge in [-0.15, -0.1) is 0 Å². The van der Waals surface area contributed by atoms with Crippen molar-refractivity contribution in [3.05, 3.63) is 34.9 Å². The Morgan fingerprint density at radius 1 is 1.40 bits per heavy atom. The highest BCUT2D eigenvalue weighted by Gasteiger charge is 2.32. The number of amides is 1. The lowest BCUT2D eigenvalue weighted by atomic mass is 10.1. The summed E-state index contributed by atoms with van der Waals surface area (Å²) in [6.07, 6.45) is 2.80. The minimum absolute atomic E-state index is 0.0700. The van der Waals surface area contributed by atoms with Gasteiger partial charge in [0.05, 0.1) is 6.42 Å². The predicted octanol–water partition coefficient (Wildman–Crippen LogP) is 2.01. The van der Waals surface area contributed by atoms with Crippen LogP contribution in [0.5, 0.6) is 0 Å². The normalized spacial score (nSPS) is 15.2. The van der Waals surface area contributed by atoms with Crippen LogP contribution < -0.4 is 5.73 Å². The third-order valence-corrected chi connectivity index (χ3v) is 3.57. The van der Waals surface area contributed by atoms with Gasteiger partial charge in [-0.1, -0.05) is 28.9 Å². The molecule has 0 bridgehead atoms. The molecule has 0 heterocycles. The van der Waals surface area contributed by atoms with E-state index in [1.54, 1.807) is 12.1 Å². The maximum Gasteiger partial charge on any atom is 0.227 e. The standard InChI is InChI=1S/C14H18ClN3O2/c15-11-3-1-10(2-4-11)9-14(19)18(12-5-6-12)8-7-13(16)17-20/h1-4,12,20H,5-9H2,(H2,16,17). The van der Waals surface area contributed by atoms with Crippen LogP contribution in [0.25, 0.3) is 0 Å². The smallest absolute Gasteiger partial charge is 0.227 e. The number of nitrogens with zero attached hydrogens (tertiary/aromatic N) is 2.